The van der Waals surface area contributed by atoms with Crippen molar-refractivity contribution in [3.8, 4) is 22.6 Å². The average molecular weight is 1090 g/mol. The molecule has 0 bridgehead atoms. The minimum atomic E-state index is -0.689. The Bertz CT molecular complexity index is 2440. The van der Waals surface area contributed by atoms with Crippen LogP contribution in [-0.2, 0) is 53.0 Å². The predicted octanol–water partition coefficient (Wildman–Crippen LogP) is 8.57. The SMILES string of the molecule is C=C(C)C(=O)OCCOCCNC(=O)N(CCCC)CCC(=O)OCCOc1ccc(C2(c3ccc(OCCOC(=O)CCN(CCCC)C(=O)NCCOCCOC(=O)C(=C)C)cc3)c3ccccc3-c3ccccc32)cc1. The van der Waals surface area contributed by atoms with E-state index in [2.05, 4.69) is 84.5 Å². The van der Waals surface area contributed by atoms with Crippen molar-refractivity contribution < 1.29 is 66.7 Å². The average Bonchev–Trinajstić information content (AvgIpc) is 3.55. The molecule has 0 spiro atoms. The van der Waals surface area contributed by atoms with Gasteiger partial charge in [-0.1, -0.05) is 113 Å². The summed E-state index contributed by atoms with van der Waals surface area (Å²) < 4.78 is 44.0. The molecule has 2 N–H and O–H groups in total. The maximum atomic E-state index is 12.9. The molecule has 0 fully saturated rings. The molecule has 1 aliphatic rings. The van der Waals surface area contributed by atoms with Crippen molar-refractivity contribution in [2.24, 2.45) is 0 Å². The topological polar surface area (TPSA) is 207 Å². The van der Waals surface area contributed by atoms with Gasteiger partial charge in [-0.3, -0.25) is 9.59 Å². The molecule has 4 aromatic carbocycles. The number of esters is 4. The highest BCUT2D eigenvalue weighted by Gasteiger charge is 2.46. The third-order valence-corrected chi connectivity index (χ3v) is 12.7. The standard InChI is InChI=1S/C61H78N4O14/c1-7-9-31-64(59(70)62-29-35-72-37-39-78-57(68)45(3)4)33-27-55(66)76-43-41-74-49-23-19-47(20-24-49)61(53-17-13-11-15-51(53)52-16-12-14-18-54(52)61)48-21-25-50(26-22-48)75-42-44-77-56(67)28-34-65(32-10-8-2)60(71)63-30-36-73-38-40-79-58(69)46(5)6/h11-26H,3,5,7-10,27-44H2,1-2,4,6H3,(H,62,70)(H,63,71). The zero-order chi connectivity index (χ0) is 56.8. The molecule has 5 rings (SSSR count). The molecular formula is C61H78N4O14. The number of carbonyl (C=O) groups is 6. The Morgan fingerprint density at radius 1 is 0.468 bits per heavy atom. The fourth-order valence-corrected chi connectivity index (χ4v) is 8.70. The first-order chi connectivity index (χ1) is 38.3. The Hall–Kier alpha value is -7.70. The van der Waals surface area contributed by atoms with Crippen LogP contribution in [0.1, 0.15) is 88.5 Å². The molecule has 1 aliphatic carbocycles. The molecule has 0 aliphatic heterocycles. The minimum Gasteiger partial charge on any atom is -0.490 e. The second-order valence-corrected chi connectivity index (χ2v) is 18.7. The molecule has 0 unspecified atom stereocenters. The van der Waals surface area contributed by atoms with Crippen LogP contribution >= 0.6 is 0 Å². The number of benzene rings is 4. The van der Waals surface area contributed by atoms with Crippen molar-refractivity contribution in [1.29, 1.82) is 0 Å². The third-order valence-electron chi connectivity index (χ3n) is 12.7. The van der Waals surface area contributed by atoms with Gasteiger partial charge in [0, 0.05) is 50.4 Å². The maximum absolute atomic E-state index is 12.9. The second-order valence-electron chi connectivity index (χ2n) is 18.7. The van der Waals surface area contributed by atoms with Crippen LogP contribution in [0.5, 0.6) is 11.5 Å². The molecule has 0 radical (unpaired) electrons. The number of hydrogen-bond donors (Lipinski definition) is 2. The van der Waals surface area contributed by atoms with Gasteiger partial charge < -0.3 is 58.3 Å². The number of fused-ring (bicyclic) bond motifs is 3. The van der Waals surface area contributed by atoms with Crippen molar-refractivity contribution in [1.82, 2.24) is 20.4 Å². The fourth-order valence-electron chi connectivity index (χ4n) is 8.70. The van der Waals surface area contributed by atoms with Gasteiger partial charge in [-0.15, -0.1) is 0 Å². The quantitative estimate of drug-likeness (QED) is 0.0167. The summed E-state index contributed by atoms with van der Waals surface area (Å²) in [5, 5.41) is 5.63. The van der Waals surface area contributed by atoms with Crippen LogP contribution in [0.15, 0.2) is 121 Å². The summed E-state index contributed by atoms with van der Waals surface area (Å²) in [4.78, 5) is 77.6. The maximum Gasteiger partial charge on any atom is 0.333 e. The number of carbonyl (C=O) groups excluding carboxylic acids is 6. The van der Waals surface area contributed by atoms with Gasteiger partial charge in [-0.05, 0) is 84.3 Å². The lowest BCUT2D eigenvalue weighted by Crippen LogP contribution is -2.43. The Labute approximate surface area is 464 Å². The van der Waals surface area contributed by atoms with Crippen molar-refractivity contribution >= 4 is 35.9 Å². The van der Waals surface area contributed by atoms with Gasteiger partial charge in [0.15, 0.2) is 0 Å². The van der Waals surface area contributed by atoms with E-state index in [1.54, 1.807) is 23.6 Å². The normalized spacial score (nSPS) is 11.7. The van der Waals surface area contributed by atoms with Crippen molar-refractivity contribution in [3.05, 3.63) is 144 Å². The van der Waals surface area contributed by atoms with Crippen LogP contribution in [0.3, 0.4) is 0 Å². The zero-order valence-corrected chi connectivity index (χ0v) is 46.3. The molecule has 18 nitrogen and oxygen atoms in total. The minimum absolute atomic E-state index is 0.0216. The predicted molar refractivity (Wildman–Crippen MR) is 299 cm³/mol. The molecule has 0 aromatic heterocycles. The van der Waals surface area contributed by atoms with Gasteiger partial charge in [-0.25, -0.2) is 19.2 Å². The molecule has 4 amide bonds. The number of amides is 4. The summed E-state index contributed by atoms with van der Waals surface area (Å²) in [6, 6.07) is 32.1. The van der Waals surface area contributed by atoms with E-state index in [1.165, 1.54) is 0 Å². The Kier molecular flexibility index (Phi) is 26.4. The van der Waals surface area contributed by atoms with E-state index in [0.29, 0.717) is 35.7 Å². The number of unbranched alkanes of at least 4 members (excludes halogenated alkanes) is 2. The van der Waals surface area contributed by atoms with Gasteiger partial charge in [0.2, 0.25) is 0 Å². The highest BCUT2D eigenvalue weighted by atomic mass is 16.6. The molecule has 4 aromatic rings. The smallest absolute Gasteiger partial charge is 0.333 e. The van der Waals surface area contributed by atoms with Crippen molar-refractivity contribution in [2.45, 2.75) is 71.6 Å². The summed E-state index contributed by atoms with van der Waals surface area (Å²) in [7, 11) is 0. The molecule has 79 heavy (non-hydrogen) atoms. The molecule has 0 saturated heterocycles. The number of rotatable bonds is 36. The Morgan fingerprint density at radius 3 is 1.23 bits per heavy atom. The van der Waals surface area contributed by atoms with E-state index >= 15 is 0 Å². The number of ether oxygens (including phenoxy) is 8. The first kappa shape index (κ1) is 62.1. The van der Waals surface area contributed by atoms with Crippen LogP contribution in [0.2, 0.25) is 0 Å². The van der Waals surface area contributed by atoms with Crippen LogP contribution in [0.4, 0.5) is 9.59 Å². The van der Waals surface area contributed by atoms with E-state index in [-0.39, 0.29) is 117 Å². The number of urea groups is 2. The van der Waals surface area contributed by atoms with Gasteiger partial charge >= 0.3 is 35.9 Å². The first-order valence-electron chi connectivity index (χ1n) is 27.1. The summed E-state index contributed by atoms with van der Waals surface area (Å²) in [5.41, 5.74) is 6.49. The van der Waals surface area contributed by atoms with Crippen LogP contribution in [0, 0.1) is 0 Å². The highest BCUT2D eigenvalue weighted by Crippen LogP contribution is 2.56. The van der Waals surface area contributed by atoms with Gasteiger partial charge in [0.05, 0.1) is 44.7 Å². The molecule has 0 saturated carbocycles. The number of nitrogens with one attached hydrogen (secondary N) is 2. The summed E-state index contributed by atoms with van der Waals surface area (Å²) in [6.45, 7) is 17.4. The van der Waals surface area contributed by atoms with E-state index in [9.17, 15) is 28.8 Å². The highest BCUT2D eigenvalue weighted by molar-refractivity contribution is 5.88. The molecular weight excluding hydrogens is 1010 g/mol. The van der Waals surface area contributed by atoms with Crippen molar-refractivity contribution in [3.63, 3.8) is 0 Å². The Morgan fingerprint density at radius 2 is 0.848 bits per heavy atom. The van der Waals surface area contributed by atoms with E-state index in [4.69, 9.17) is 37.9 Å². The first-order valence-corrected chi connectivity index (χ1v) is 27.1. The monoisotopic (exact) mass is 1090 g/mol. The molecule has 0 heterocycles. The van der Waals surface area contributed by atoms with Gasteiger partial charge in [0.1, 0.15) is 51.1 Å². The van der Waals surface area contributed by atoms with E-state index in [1.807, 2.05) is 50.2 Å². The zero-order valence-electron chi connectivity index (χ0n) is 46.3. The molecule has 426 valence electrons. The van der Waals surface area contributed by atoms with Crippen LogP contribution in [0.25, 0.3) is 11.1 Å². The van der Waals surface area contributed by atoms with Gasteiger partial charge in [0.25, 0.3) is 0 Å². The van der Waals surface area contributed by atoms with Crippen molar-refractivity contribution in [2.75, 3.05) is 105 Å². The van der Waals surface area contributed by atoms with Crippen LogP contribution in [-0.4, -0.2) is 151 Å². The molecule has 18 heteroatoms. The summed E-state index contributed by atoms with van der Waals surface area (Å²) >= 11 is 0. The fraction of sp³-hybridized carbons (Fsp3) is 0.443. The second kappa shape index (κ2) is 33.6. The number of hydrogen-bond acceptors (Lipinski definition) is 14. The summed E-state index contributed by atoms with van der Waals surface area (Å²) in [5.74, 6) is -0.641. The molecule has 0 atom stereocenters. The lowest BCUT2D eigenvalue weighted by molar-refractivity contribution is -0.145. The van der Waals surface area contributed by atoms with E-state index < -0.39 is 29.3 Å². The number of nitrogens with zero attached hydrogens (tertiary/aromatic N) is 2. The summed E-state index contributed by atoms with van der Waals surface area (Å²) in [6.07, 6.45) is 3.35. The van der Waals surface area contributed by atoms with Gasteiger partial charge in [-0.2, -0.15) is 0 Å². The van der Waals surface area contributed by atoms with E-state index in [0.717, 1.165) is 59.1 Å². The Balaban J connectivity index is 1.10. The van der Waals surface area contributed by atoms with Crippen LogP contribution < -0.4 is 20.1 Å². The largest absolute Gasteiger partial charge is 0.490 e. The third kappa shape index (κ3) is 19.3. The lowest BCUT2D eigenvalue weighted by atomic mass is 9.68. The lowest BCUT2D eigenvalue weighted by Gasteiger charge is -2.34.